The van der Waals surface area contributed by atoms with Crippen LogP contribution >= 0.6 is 0 Å². The molecule has 1 aliphatic carbocycles. The molecule has 3 nitrogen and oxygen atoms in total. The number of rotatable bonds is 4. The van der Waals surface area contributed by atoms with Crippen molar-refractivity contribution in [2.45, 2.75) is 45.1 Å². The van der Waals surface area contributed by atoms with Gasteiger partial charge < -0.3 is 15.7 Å². The van der Waals surface area contributed by atoms with Crippen molar-refractivity contribution in [3.05, 3.63) is 36.0 Å². The zero-order valence-electron chi connectivity index (χ0n) is 13.0. The Kier molecular flexibility index (Phi) is 7.82. The van der Waals surface area contributed by atoms with Crippen molar-refractivity contribution in [2.24, 2.45) is 5.73 Å². The van der Waals surface area contributed by atoms with E-state index in [-0.39, 0.29) is 0 Å². The van der Waals surface area contributed by atoms with E-state index in [0.717, 1.165) is 45.3 Å². The van der Waals surface area contributed by atoms with Crippen molar-refractivity contribution >= 4 is 0 Å². The number of likely N-dealkylation sites (tertiary alicyclic amines) is 1. The first-order valence-electron chi connectivity index (χ1n) is 7.89. The minimum absolute atomic E-state index is 0.522. The minimum Gasteiger partial charge on any atom is -0.389 e. The van der Waals surface area contributed by atoms with Gasteiger partial charge in [0, 0.05) is 32.6 Å². The second-order valence-corrected chi connectivity index (χ2v) is 5.33. The fourth-order valence-electron chi connectivity index (χ4n) is 2.69. The molecule has 2 rings (SSSR count). The van der Waals surface area contributed by atoms with Gasteiger partial charge in [-0.2, -0.15) is 0 Å². The van der Waals surface area contributed by atoms with Crippen LogP contribution in [0.25, 0.3) is 0 Å². The summed E-state index contributed by atoms with van der Waals surface area (Å²) in [5.74, 6) is 0. The smallest absolute Gasteiger partial charge is 0.0712 e. The van der Waals surface area contributed by atoms with Gasteiger partial charge in [0.05, 0.1) is 5.60 Å². The highest BCUT2D eigenvalue weighted by atomic mass is 16.3. The van der Waals surface area contributed by atoms with Gasteiger partial charge >= 0.3 is 0 Å². The Morgan fingerprint density at radius 2 is 1.95 bits per heavy atom. The first-order valence-corrected chi connectivity index (χ1v) is 7.89. The van der Waals surface area contributed by atoms with Gasteiger partial charge in [0.15, 0.2) is 0 Å². The van der Waals surface area contributed by atoms with Crippen molar-refractivity contribution < 1.29 is 5.11 Å². The molecule has 1 fully saturated rings. The summed E-state index contributed by atoms with van der Waals surface area (Å²) in [6.45, 7) is 7.58. The molecule has 114 valence electrons. The number of nitrogens with two attached hydrogens (primary N) is 1. The summed E-state index contributed by atoms with van der Waals surface area (Å²) in [4.78, 5) is 2.34. The van der Waals surface area contributed by atoms with Crippen LogP contribution in [0.4, 0.5) is 0 Å². The first-order chi connectivity index (χ1) is 9.72. The molecule has 0 spiro atoms. The average molecular weight is 278 g/mol. The molecule has 0 atom stereocenters. The van der Waals surface area contributed by atoms with E-state index in [2.05, 4.69) is 35.3 Å². The lowest BCUT2D eigenvalue weighted by Crippen LogP contribution is -2.45. The Morgan fingerprint density at radius 1 is 1.25 bits per heavy atom. The van der Waals surface area contributed by atoms with E-state index in [9.17, 15) is 5.11 Å². The molecule has 3 heteroatoms. The van der Waals surface area contributed by atoms with Crippen LogP contribution in [0.2, 0.25) is 0 Å². The lowest BCUT2D eigenvalue weighted by atomic mass is 9.85. The van der Waals surface area contributed by atoms with Gasteiger partial charge in [-0.15, -0.1) is 0 Å². The van der Waals surface area contributed by atoms with Crippen LogP contribution in [0.5, 0.6) is 0 Å². The maximum Gasteiger partial charge on any atom is 0.0712 e. The van der Waals surface area contributed by atoms with Gasteiger partial charge in [0.1, 0.15) is 0 Å². The number of hydrogen-bond acceptors (Lipinski definition) is 3. The van der Waals surface area contributed by atoms with Crippen LogP contribution in [0, 0.1) is 0 Å². The second kappa shape index (κ2) is 9.11. The van der Waals surface area contributed by atoms with Crippen molar-refractivity contribution in [1.82, 2.24) is 4.90 Å². The Morgan fingerprint density at radius 3 is 2.60 bits per heavy atom. The molecule has 0 aromatic heterocycles. The first kappa shape index (κ1) is 17.2. The summed E-state index contributed by atoms with van der Waals surface area (Å²) in [7, 11) is 0. The number of aliphatic hydroxyl groups is 1. The largest absolute Gasteiger partial charge is 0.389 e. The van der Waals surface area contributed by atoms with Crippen LogP contribution in [-0.2, 0) is 0 Å². The van der Waals surface area contributed by atoms with Crippen LogP contribution < -0.4 is 5.73 Å². The molecule has 2 aliphatic rings. The fourth-order valence-corrected chi connectivity index (χ4v) is 2.69. The average Bonchev–Trinajstić information content (AvgIpc) is 2.72. The molecule has 3 N–H and O–H groups in total. The summed E-state index contributed by atoms with van der Waals surface area (Å²) in [6, 6.07) is 0. The third kappa shape index (κ3) is 5.61. The molecular weight excluding hydrogens is 248 g/mol. The Bertz CT molecular complexity index is 350. The molecule has 0 unspecified atom stereocenters. The predicted molar refractivity (Wildman–Crippen MR) is 86.6 cm³/mol. The predicted octanol–water partition coefficient (Wildman–Crippen LogP) is 2.63. The van der Waals surface area contributed by atoms with Crippen LogP contribution in [-0.4, -0.2) is 41.8 Å². The lowest BCUT2D eigenvalue weighted by Gasteiger charge is -2.38. The molecule has 1 saturated heterocycles. The van der Waals surface area contributed by atoms with Crippen molar-refractivity contribution in [3.63, 3.8) is 0 Å². The van der Waals surface area contributed by atoms with Gasteiger partial charge in [0.2, 0.25) is 0 Å². The van der Waals surface area contributed by atoms with Crippen LogP contribution in [0.1, 0.15) is 39.5 Å². The van der Waals surface area contributed by atoms with Gasteiger partial charge in [-0.25, -0.2) is 0 Å². The third-order valence-electron chi connectivity index (χ3n) is 3.84. The molecule has 0 radical (unpaired) electrons. The van der Waals surface area contributed by atoms with Crippen molar-refractivity contribution in [1.29, 1.82) is 0 Å². The maximum atomic E-state index is 10.6. The number of nitrogens with zero attached hydrogens (tertiary/aromatic N) is 1. The van der Waals surface area contributed by atoms with Crippen LogP contribution in [0.15, 0.2) is 36.0 Å². The summed E-state index contributed by atoms with van der Waals surface area (Å²) < 4.78 is 0. The van der Waals surface area contributed by atoms with Crippen LogP contribution in [0.3, 0.4) is 0 Å². The molecule has 0 aromatic carbocycles. The highest BCUT2D eigenvalue weighted by Crippen LogP contribution is 2.29. The van der Waals surface area contributed by atoms with E-state index in [1.165, 1.54) is 5.57 Å². The molecule has 0 saturated carbocycles. The maximum absolute atomic E-state index is 10.6. The summed E-state index contributed by atoms with van der Waals surface area (Å²) in [6.07, 6.45) is 14.1. The Hall–Kier alpha value is -0.900. The quantitative estimate of drug-likeness (QED) is 0.831. The fraction of sp³-hybridized carbons (Fsp3) is 0.647. The number of piperidine rings is 1. The van der Waals surface area contributed by atoms with Gasteiger partial charge in [-0.3, -0.25) is 0 Å². The Labute approximate surface area is 123 Å². The summed E-state index contributed by atoms with van der Waals surface area (Å²) >= 11 is 0. The van der Waals surface area contributed by atoms with E-state index in [0.29, 0.717) is 6.54 Å². The summed E-state index contributed by atoms with van der Waals surface area (Å²) in [5, 5.41) is 10.6. The highest BCUT2D eigenvalue weighted by Gasteiger charge is 2.32. The SMILES string of the molecule is CC.NCCN1CCC(O)(CC2=CCC=CC=C2)CC1. The summed E-state index contributed by atoms with van der Waals surface area (Å²) in [5.41, 5.74) is 6.30. The molecule has 0 aromatic rings. The molecule has 0 bridgehead atoms. The van der Waals surface area contributed by atoms with Crippen molar-refractivity contribution in [3.8, 4) is 0 Å². The third-order valence-corrected chi connectivity index (χ3v) is 3.84. The van der Waals surface area contributed by atoms with Gasteiger partial charge in [-0.05, 0) is 24.8 Å². The second-order valence-electron chi connectivity index (χ2n) is 5.33. The molecular formula is C17H30N2O. The molecule has 0 amide bonds. The van der Waals surface area contributed by atoms with E-state index in [1.54, 1.807) is 0 Å². The van der Waals surface area contributed by atoms with Gasteiger partial charge in [-0.1, -0.05) is 44.2 Å². The highest BCUT2D eigenvalue weighted by molar-refractivity contribution is 5.27. The monoisotopic (exact) mass is 278 g/mol. The van der Waals surface area contributed by atoms with E-state index >= 15 is 0 Å². The molecule has 1 heterocycles. The molecule has 1 aliphatic heterocycles. The Balaban J connectivity index is 0.000000956. The standard InChI is InChI=1S/C15H24N2O.C2H6/c16-9-12-17-10-7-15(18,8-11-17)13-14-5-3-1-2-4-6-14;1-2/h1-3,5-6,18H,4,7-13,16H2;1-2H3. The number of hydrogen-bond donors (Lipinski definition) is 2. The normalized spacial score (nSPS) is 21.7. The van der Waals surface area contributed by atoms with E-state index in [1.807, 2.05) is 13.8 Å². The minimum atomic E-state index is -0.522. The lowest BCUT2D eigenvalue weighted by molar-refractivity contribution is -0.0192. The van der Waals surface area contributed by atoms with Crippen molar-refractivity contribution in [2.75, 3.05) is 26.2 Å². The zero-order valence-corrected chi connectivity index (χ0v) is 13.0. The molecule has 20 heavy (non-hydrogen) atoms. The topological polar surface area (TPSA) is 49.5 Å². The zero-order chi connectivity index (χ0) is 14.8. The number of allylic oxidation sites excluding steroid dienone is 5. The van der Waals surface area contributed by atoms with E-state index < -0.39 is 5.60 Å². The van der Waals surface area contributed by atoms with E-state index in [4.69, 9.17) is 5.73 Å². The van der Waals surface area contributed by atoms with Gasteiger partial charge in [0.25, 0.3) is 0 Å².